The quantitative estimate of drug-likeness (QED) is 0.664. The second-order valence-corrected chi connectivity index (χ2v) is 7.87. The van der Waals surface area contributed by atoms with Gasteiger partial charge in [-0.05, 0) is 31.5 Å². The maximum absolute atomic E-state index is 12.7. The standard InChI is InChI=1S/C21H31NO4/c1-17(23)25-14-19(18-10-6-4-7-11-18)20(24)26-16-21(2,3)15-22-12-8-5-9-13-22/h4,6-7,10-11,19H,5,8-9,12-16H2,1-3H3. The van der Waals surface area contributed by atoms with Crippen molar-refractivity contribution >= 4 is 11.9 Å². The van der Waals surface area contributed by atoms with Crippen LogP contribution in [-0.2, 0) is 19.1 Å². The topological polar surface area (TPSA) is 55.8 Å². The molecule has 2 rings (SSSR count). The minimum Gasteiger partial charge on any atom is -0.465 e. The first-order valence-electron chi connectivity index (χ1n) is 9.45. The van der Waals surface area contributed by atoms with Gasteiger partial charge in [0.1, 0.15) is 12.5 Å². The summed E-state index contributed by atoms with van der Waals surface area (Å²) >= 11 is 0. The zero-order valence-electron chi connectivity index (χ0n) is 16.2. The van der Waals surface area contributed by atoms with E-state index in [2.05, 4.69) is 18.7 Å². The first-order valence-corrected chi connectivity index (χ1v) is 9.45. The van der Waals surface area contributed by atoms with Crippen LogP contribution in [0.5, 0.6) is 0 Å². The molecule has 0 N–H and O–H groups in total. The summed E-state index contributed by atoms with van der Waals surface area (Å²) in [5.41, 5.74) is 0.683. The molecule has 1 atom stereocenters. The smallest absolute Gasteiger partial charge is 0.316 e. The lowest BCUT2D eigenvalue weighted by Crippen LogP contribution is -2.40. The molecule has 0 aromatic heterocycles. The fraction of sp³-hybridized carbons (Fsp3) is 0.619. The van der Waals surface area contributed by atoms with Gasteiger partial charge in [-0.15, -0.1) is 0 Å². The summed E-state index contributed by atoms with van der Waals surface area (Å²) in [6.45, 7) is 9.11. The van der Waals surface area contributed by atoms with Crippen LogP contribution in [0.1, 0.15) is 51.5 Å². The first-order chi connectivity index (χ1) is 12.4. The van der Waals surface area contributed by atoms with Crippen LogP contribution in [0.15, 0.2) is 30.3 Å². The summed E-state index contributed by atoms with van der Waals surface area (Å²) < 4.78 is 10.7. The Morgan fingerprint density at radius 3 is 2.35 bits per heavy atom. The van der Waals surface area contributed by atoms with E-state index in [1.807, 2.05) is 30.3 Å². The largest absolute Gasteiger partial charge is 0.465 e. The number of carbonyl (C=O) groups is 2. The fourth-order valence-electron chi connectivity index (χ4n) is 3.32. The van der Waals surface area contributed by atoms with Crippen LogP contribution in [0.4, 0.5) is 0 Å². The number of hydrogen-bond donors (Lipinski definition) is 0. The number of ether oxygens (including phenoxy) is 2. The van der Waals surface area contributed by atoms with Crippen LogP contribution in [-0.4, -0.2) is 49.7 Å². The van der Waals surface area contributed by atoms with E-state index < -0.39 is 11.9 Å². The molecule has 0 amide bonds. The molecule has 1 aliphatic rings. The fourth-order valence-corrected chi connectivity index (χ4v) is 3.32. The third-order valence-electron chi connectivity index (χ3n) is 4.65. The predicted molar refractivity (Wildman–Crippen MR) is 101 cm³/mol. The summed E-state index contributed by atoms with van der Waals surface area (Å²) in [5.74, 6) is -1.33. The molecule has 1 heterocycles. The number of likely N-dealkylation sites (tertiary alicyclic amines) is 1. The molecule has 144 valence electrons. The lowest BCUT2D eigenvalue weighted by Gasteiger charge is -2.34. The van der Waals surface area contributed by atoms with Crippen LogP contribution in [0.2, 0.25) is 0 Å². The first kappa shape index (κ1) is 20.4. The number of piperidine rings is 1. The Bertz CT molecular complexity index is 579. The zero-order chi connectivity index (χ0) is 19.0. The third-order valence-corrected chi connectivity index (χ3v) is 4.65. The highest BCUT2D eigenvalue weighted by atomic mass is 16.5. The van der Waals surface area contributed by atoms with Gasteiger partial charge in [0.05, 0.1) is 6.61 Å². The average molecular weight is 361 g/mol. The molecular weight excluding hydrogens is 330 g/mol. The normalized spacial score (nSPS) is 16.7. The van der Waals surface area contributed by atoms with Gasteiger partial charge < -0.3 is 14.4 Å². The minimum atomic E-state index is -0.592. The lowest BCUT2D eigenvalue weighted by atomic mass is 9.92. The molecule has 1 unspecified atom stereocenters. The summed E-state index contributed by atoms with van der Waals surface area (Å²) in [6, 6.07) is 9.33. The number of benzene rings is 1. The Kier molecular flexibility index (Phi) is 7.64. The molecule has 1 aromatic carbocycles. The van der Waals surface area contributed by atoms with Crippen molar-refractivity contribution in [2.75, 3.05) is 32.8 Å². The van der Waals surface area contributed by atoms with Crippen molar-refractivity contribution in [3.05, 3.63) is 35.9 Å². The van der Waals surface area contributed by atoms with Gasteiger partial charge in [-0.25, -0.2) is 0 Å². The van der Waals surface area contributed by atoms with E-state index in [0.29, 0.717) is 6.61 Å². The van der Waals surface area contributed by atoms with Gasteiger partial charge in [0, 0.05) is 18.9 Å². The van der Waals surface area contributed by atoms with Crippen molar-refractivity contribution in [1.82, 2.24) is 4.90 Å². The van der Waals surface area contributed by atoms with E-state index in [1.165, 1.54) is 26.2 Å². The van der Waals surface area contributed by atoms with Crippen molar-refractivity contribution < 1.29 is 19.1 Å². The molecule has 1 saturated heterocycles. The molecule has 1 aromatic rings. The molecule has 0 aliphatic carbocycles. The van der Waals surface area contributed by atoms with Gasteiger partial charge in [0.25, 0.3) is 0 Å². The molecule has 5 nitrogen and oxygen atoms in total. The van der Waals surface area contributed by atoms with Crippen molar-refractivity contribution in [3.8, 4) is 0 Å². The average Bonchev–Trinajstić information content (AvgIpc) is 2.61. The van der Waals surface area contributed by atoms with Gasteiger partial charge >= 0.3 is 11.9 Å². The summed E-state index contributed by atoms with van der Waals surface area (Å²) in [5, 5.41) is 0. The lowest BCUT2D eigenvalue weighted by molar-refractivity contribution is -0.153. The number of nitrogens with zero attached hydrogens (tertiary/aromatic N) is 1. The van der Waals surface area contributed by atoms with Crippen molar-refractivity contribution in [2.45, 2.75) is 46.0 Å². The number of esters is 2. The third kappa shape index (κ3) is 6.79. The molecule has 5 heteroatoms. The number of rotatable bonds is 8. The van der Waals surface area contributed by atoms with Gasteiger partial charge in [0.2, 0.25) is 0 Å². The summed E-state index contributed by atoms with van der Waals surface area (Å²) in [4.78, 5) is 26.3. The van der Waals surface area contributed by atoms with E-state index in [1.54, 1.807) is 0 Å². The summed E-state index contributed by atoms with van der Waals surface area (Å²) in [7, 11) is 0. The SMILES string of the molecule is CC(=O)OCC(C(=O)OCC(C)(C)CN1CCCCC1)c1ccccc1. The molecule has 0 bridgehead atoms. The van der Waals surface area contributed by atoms with Crippen LogP contribution in [0, 0.1) is 5.41 Å². The highest BCUT2D eigenvalue weighted by Gasteiger charge is 2.28. The van der Waals surface area contributed by atoms with E-state index in [-0.39, 0.29) is 18.0 Å². The Morgan fingerprint density at radius 2 is 1.73 bits per heavy atom. The predicted octanol–water partition coefficient (Wildman–Crippen LogP) is 3.39. The second kappa shape index (κ2) is 9.72. The van der Waals surface area contributed by atoms with E-state index in [4.69, 9.17) is 9.47 Å². The Balaban J connectivity index is 1.93. The molecule has 0 radical (unpaired) electrons. The number of carbonyl (C=O) groups excluding carboxylic acids is 2. The molecule has 26 heavy (non-hydrogen) atoms. The van der Waals surface area contributed by atoms with Gasteiger partial charge in [0.15, 0.2) is 0 Å². The number of hydrogen-bond acceptors (Lipinski definition) is 5. The van der Waals surface area contributed by atoms with Gasteiger partial charge in [-0.1, -0.05) is 50.6 Å². The van der Waals surface area contributed by atoms with Crippen LogP contribution >= 0.6 is 0 Å². The molecule has 0 saturated carbocycles. The van der Waals surface area contributed by atoms with Crippen LogP contribution < -0.4 is 0 Å². The van der Waals surface area contributed by atoms with Crippen molar-refractivity contribution in [1.29, 1.82) is 0 Å². The zero-order valence-corrected chi connectivity index (χ0v) is 16.2. The minimum absolute atomic E-state index is 0.00470. The van der Waals surface area contributed by atoms with Crippen LogP contribution in [0.25, 0.3) is 0 Å². The Labute approximate surface area is 156 Å². The van der Waals surface area contributed by atoms with E-state index in [0.717, 1.165) is 25.2 Å². The highest BCUT2D eigenvalue weighted by molar-refractivity contribution is 5.79. The molecule has 0 spiro atoms. The van der Waals surface area contributed by atoms with Gasteiger partial charge in [-0.2, -0.15) is 0 Å². The van der Waals surface area contributed by atoms with Crippen molar-refractivity contribution in [2.24, 2.45) is 5.41 Å². The van der Waals surface area contributed by atoms with E-state index in [9.17, 15) is 9.59 Å². The molecule has 1 fully saturated rings. The summed E-state index contributed by atoms with van der Waals surface area (Å²) in [6.07, 6.45) is 3.80. The monoisotopic (exact) mass is 361 g/mol. The Hall–Kier alpha value is -1.88. The molecule has 1 aliphatic heterocycles. The maximum atomic E-state index is 12.7. The van der Waals surface area contributed by atoms with Crippen LogP contribution in [0.3, 0.4) is 0 Å². The van der Waals surface area contributed by atoms with Gasteiger partial charge in [-0.3, -0.25) is 9.59 Å². The maximum Gasteiger partial charge on any atom is 0.316 e. The molecular formula is C21H31NO4. The highest BCUT2D eigenvalue weighted by Crippen LogP contribution is 2.23. The van der Waals surface area contributed by atoms with E-state index >= 15 is 0 Å². The Morgan fingerprint density at radius 1 is 1.08 bits per heavy atom. The van der Waals surface area contributed by atoms with Crippen molar-refractivity contribution in [3.63, 3.8) is 0 Å². The second-order valence-electron chi connectivity index (χ2n) is 7.87.